The number of aliphatic imine (C=N–C) groups is 1. The lowest BCUT2D eigenvalue weighted by Gasteiger charge is -2.54. The Morgan fingerprint density at radius 3 is 2.80 bits per heavy atom. The summed E-state index contributed by atoms with van der Waals surface area (Å²) in [5.41, 5.74) is 2.64. The highest BCUT2D eigenvalue weighted by Crippen LogP contribution is 2.54. The van der Waals surface area contributed by atoms with Crippen LogP contribution in [-0.4, -0.2) is 43.3 Å². The van der Waals surface area contributed by atoms with Crippen molar-refractivity contribution in [2.75, 3.05) is 20.2 Å². The van der Waals surface area contributed by atoms with Crippen LogP contribution in [0.3, 0.4) is 0 Å². The summed E-state index contributed by atoms with van der Waals surface area (Å²) in [5.74, 6) is 0.909. The summed E-state index contributed by atoms with van der Waals surface area (Å²) in [6.45, 7) is 5.79. The number of nitrogens with one attached hydrogen (secondary N) is 2. The second-order valence-corrected chi connectivity index (χ2v) is 7.37. The van der Waals surface area contributed by atoms with E-state index in [2.05, 4.69) is 39.7 Å². The third-order valence-corrected chi connectivity index (χ3v) is 5.90. The average molecular weight is 345 g/mol. The van der Waals surface area contributed by atoms with Crippen LogP contribution >= 0.6 is 0 Å². The van der Waals surface area contributed by atoms with Gasteiger partial charge in [-0.1, -0.05) is 18.9 Å². The molecule has 2 atom stereocenters. The molecule has 1 aromatic heterocycles. The van der Waals surface area contributed by atoms with Crippen molar-refractivity contribution in [3.8, 4) is 0 Å². The largest absolute Gasteiger partial charge is 0.378 e. The summed E-state index contributed by atoms with van der Waals surface area (Å²) in [4.78, 5) is 8.77. The molecule has 2 aliphatic rings. The van der Waals surface area contributed by atoms with Gasteiger partial charge < -0.3 is 15.4 Å². The molecule has 0 aliphatic heterocycles. The maximum absolute atomic E-state index is 6.00. The minimum absolute atomic E-state index is 0.328. The van der Waals surface area contributed by atoms with Gasteiger partial charge in [0.2, 0.25) is 0 Å². The van der Waals surface area contributed by atoms with E-state index in [1.54, 1.807) is 0 Å². The van der Waals surface area contributed by atoms with Crippen molar-refractivity contribution in [2.45, 2.75) is 64.5 Å². The number of ether oxygens (including phenoxy) is 1. The summed E-state index contributed by atoms with van der Waals surface area (Å²) < 4.78 is 6.00. The van der Waals surface area contributed by atoms with E-state index in [9.17, 15) is 0 Å². The van der Waals surface area contributed by atoms with E-state index in [1.807, 2.05) is 20.2 Å². The molecule has 1 spiro atoms. The summed E-state index contributed by atoms with van der Waals surface area (Å²) in [6, 6.07) is 4.69. The predicted molar refractivity (Wildman–Crippen MR) is 102 cm³/mol. The van der Waals surface area contributed by atoms with Crippen molar-refractivity contribution in [2.24, 2.45) is 10.4 Å². The Morgan fingerprint density at radius 2 is 2.16 bits per heavy atom. The van der Waals surface area contributed by atoms with Crippen molar-refractivity contribution in [3.63, 3.8) is 0 Å². The molecule has 2 unspecified atom stereocenters. The number of hydrogen-bond acceptors (Lipinski definition) is 3. The zero-order valence-corrected chi connectivity index (χ0v) is 15.8. The van der Waals surface area contributed by atoms with E-state index in [0.717, 1.165) is 37.6 Å². The van der Waals surface area contributed by atoms with Crippen LogP contribution in [0.15, 0.2) is 23.3 Å². The van der Waals surface area contributed by atoms with Crippen LogP contribution in [0.1, 0.15) is 50.3 Å². The number of aromatic nitrogens is 1. The first kappa shape index (κ1) is 18.2. The molecule has 1 aromatic rings. The van der Waals surface area contributed by atoms with Gasteiger partial charge in [-0.2, -0.15) is 0 Å². The van der Waals surface area contributed by atoms with Gasteiger partial charge in [0.05, 0.1) is 6.10 Å². The number of rotatable bonds is 6. The van der Waals surface area contributed by atoms with E-state index in [4.69, 9.17) is 4.74 Å². The summed E-state index contributed by atoms with van der Waals surface area (Å²) in [5, 5.41) is 7.12. The van der Waals surface area contributed by atoms with Crippen LogP contribution in [-0.2, 0) is 11.2 Å². The van der Waals surface area contributed by atoms with Gasteiger partial charge in [-0.3, -0.25) is 9.98 Å². The summed E-state index contributed by atoms with van der Waals surface area (Å²) in [6.07, 6.45) is 9.64. The molecular formula is C20H32N4O. The van der Waals surface area contributed by atoms with Crippen LogP contribution in [0.25, 0.3) is 0 Å². The third kappa shape index (κ3) is 3.97. The first-order valence-corrected chi connectivity index (χ1v) is 9.68. The Balaban J connectivity index is 1.50. The van der Waals surface area contributed by atoms with Crippen molar-refractivity contribution in [1.29, 1.82) is 0 Å². The molecule has 3 rings (SSSR count). The minimum Gasteiger partial charge on any atom is -0.378 e. The molecule has 1 heterocycles. The van der Waals surface area contributed by atoms with Crippen LogP contribution in [0.2, 0.25) is 0 Å². The first-order chi connectivity index (χ1) is 12.2. The van der Waals surface area contributed by atoms with Crippen molar-refractivity contribution in [3.05, 3.63) is 29.6 Å². The molecule has 0 amide bonds. The van der Waals surface area contributed by atoms with Gasteiger partial charge in [0.1, 0.15) is 0 Å². The van der Waals surface area contributed by atoms with Gasteiger partial charge in [-0.05, 0) is 51.2 Å². The predicted octanol–water partition coefficient (Wildman–Crippen LogP) is 2.84. The second-order valence-electron chi connectivity index (χ2n) is 7.37. The second kappa shape index (κ2) is 8.17. The molecular weight excluding hydrogens is 312 g/mol. The van der Waals surface area contributed by atoms with E-state index >= 15 is 0 Å². The fourth-order valence-electron chi connectivity index (χ4n) is 4.42. The molecule has 0 radical (unpaired) electrons. The monoisotopic (exact) mass is 344 g/mol. The molecule has 25 heavy (non-hydrogen) atoms. The van der Waals surface area contributed by atoms with Crippen LogP contribution in [0.4, 0.5) is 0 Å². The fraction of sp³-hybridized carbons (Fsp3) is 0.700. The molecule has 138 valence electrons. The molecule has 2 aliphatic carbocycles. The molecule has 0 bridgehead atoms. The van der Waals surface area contributed by atoms with Crippen LogP contribution in [0.5, 0.6) is 0 Å². The molecule has 5 heteroatoms. The Morgan fingerprint density at radius 1 is 1.36 bits per heavy atom. The van der Waals surface area contributed by atoms with Crippen LogP contribution < -0.4 is 10.6 Å². The van der Waals surface area contributed by atoms with Crippen LogP contribution in [0, 0.1) is 12.3 Å². The third-order valence-electron chi connectivity index (χ3n) is 5.90. The van der Waals surface area contributed by atoms with E-state index in [1.165, 1.54) is 31.2 Å². The topological polar surface area (TPSA) is 58.5 Å². The number of nitrogens with zero attached hydrogens (tertiary/aromatic N) is 2. The molecule has 2 fully saturated rings. The van der Waals surface area contributed by atoms with Crippen molar-refractivity contribution >= 4 is 5.96 Å². The highest BCUT2D eigenvalue weighted by molar-refractivity contribution is 5.80. The lowest BCUT2D eigenvalue weighted by Crippen LogP contribution is -2.65. The zero-order chi connectivity index (χ0) is 17.7. The van der Waals surface area contributed by atoms with Gasteiger partial charge in [-0.25, -0.2) is 0 Å². The first-order valence-electron chi connectivity index (χ1n) is 9.68. The molecule has 2 saturated carbocycles. The van der Waals surface area contributed by atoms with Gasteiger partial charge in [-0.15, -0.1) is 0 Å². The van der Waals surface area contributed by atoms with Gasteiger partial charge in [0, 0.05) is 43.5 Å². The SMILES string of the molecule is CCOC1CC(NC(=NC)NCCc2ccc(C)nc2)C12CCCC2. The number of pyridine rings is 1. The van der Waals surface area contributed by atoms with E-state index in [-0.39, 0.29) is 0 Å². The van der Waals surface area contributed by atoms with Gasteiger partial charge >= 0.3 is 0 Å². The molecule has 2 N–H and O–H groups in total. The highest BCUT2D eigenvalue weighted by atomic mass is 16.5. The minimum atomic E-state index is 0.328. The van der Waals surface area contributed by atoms with Gasteiger partial charge in [0.25, 0.3) is 0 Å². The Bertz CT molecular complexity index is 578. The van der Waals surface area contributed by atoms with E-state index < -0.39 is 0 Å². The summed E-state index contributed by atoms with van der Waals surface area (Å²) in [7, 11) is 1.85. The Labute approximate surface area is 151 Å². The fourth-order valence-corrected chi connectivity index (χ4v) is 4.42. The number of hydrogen-bond donors (Lipinski definition) is 2. The van der Waals surface area contributed by atoms with Crippen molar-refractivity contribution in [1.82, 2.24) is 15.6 Å². The molecule has 0 aromatic carbocycles. The lowest BCUT2D eigenvalue weighted by molar-refractivity contribution is -0.125. The quantitative estimate of drug-likeness (QED) is 0.615. The average Bonchev–Trinajstić information content (AvgIpc) is 3.14. The highest BCUT2D eigenvalue weighted by Gasteiger charge is 2.56. The number of aryl methyl sites for hydroxylation is 1. The molecule has 5 nitrogen and oxygen atoms in total. The summed E-state index contributed by atoms with van der Waals surface area (Å²) >= 11 is 0. The standard InChI is InChI=1S/C20H32N4O/c1-4-25-18-13-17(20(18)10-5-6-11-20)24-19(21-3)22-12-9-16-8-7-15(2)23-14-16/h7-8,14,17-18H,4-6,9-13H2,1-3H3,(H2,21,22,24). The maximum atomic E-state index is 6.00. The van der Waals surface area contributed by atoms with E-state index in [0.29, 0.717) is 17.6 Å². The lowest BCUT2D eigenvalue weighted by atomic mass is 9.60. The smallest absolute Gasteiger partial charge is 0.191 e. The zero-order valence-electron chi connectivity index (χ0n) is 15.8. The van der Waals surface area contributed by atoms with Gasteiger partial charge in [0.15, 0.2) is 5.96 Å². The van der Waals surface area contributed by atoms with Crippen molar-refractivity contribution < 1.29 is 4.74 Å². The Hall–Kier alpha value is -1.62. The maximum Gasteiger partial charge on any atom is 0.191 e. The molecule has 0 saturated heterocycles. The Kier molecular flexibility index (Phi) is 5.94. The number of guanidine groups is 1. The normalized spacial score (nSPS) is 25.0.